The van der Waals surface area contributed by atoms with E-state index in [-0.39, 0.29) is 66.4 Å². The molecule has 5 aromatic rings. The molecule has 5 rings (SSSR count). The first-order chi connectivity index (χ1) is 22.3. The van der Waals surface area contributed by atoms with Crippen molar-refractivity contribution in [2.45, 2.75) is 13.0 Å². The number of hydrogen-bond donors (Lipinski definition) is 3. The molecule has 0 radical (unpaired) electrons. The van der Waals surface area contributed by atoms with Gasteiger partial charge in [0.25, 0.3) is 18.2 Å². The molecule has 4 aromatic carbocycles. The number of alkyl halides is 2. The zero-order valence-corrected chi connectivity index (χ0v) is 26.9. The third-order valence-corrected chi connectivity index (χ3v) is 8.16. The van der Waals surface area contributed by atoms with Crippen molar-refractivity contribution < 1.29 is 31.9 Å². The topological polar surface area (TPSA) is 97.3 Å². The van der Waals surface area contributed by atoms with E-state index in [1.165, 1.54) is 42.5 Å². The highest BCUT2D eigenvalue weighted by molar-refractivity contribution is 6.39. The second kappa shape index (κ2) is 14.3. The summed E-state index contributed by atoms with van der Waals surface area (Å²) in [6.07, 6.45) is -2.83. The van der Waals surface area contributed by atoms with Gasteiger partial charge in [0.2, 0.25) is 5.95 Å². The Bertz CT molecular complexity index is 2010. The highest BCUT2D eigenvalue weighted by Gasteiger charge is 2.22. The molecular weight excluding hydrogens is 708 g/mol. The molecule has 16 heteroatoms. The number of nitrogens with zero attached hydrogens (tertiary/aromatic N) is 2. The van der Waals surface area contributed by atoms with Gasteiger partial charge in [-0.15, -0.1) is 0 Å². The van der Waals surface area contributed by atoms with Gasteiger partial charge < -0.3 is 25.3 Å². The first kappa shape index (κ1) is 34.1. The number of ether oxygens (including phenoxy) is 1. The fraction of sp³-hybridized carbons (Fsp3) is 0.129. The van der Waals surface area contributed by atoms with Crippen molar-refractivity contribution in [1.29, 1.82) is 0 Å². The van der Waals surface area contributed by atoms with Gasteiger partial charge in [0.05, 0.1) is 47.9 Å². The first-order valence-electron chi connectivity index (χ1n) is 13.5. The van der Waals surface area contributed by atoms with Gasteiger partial charge in [-0.25, -0.2) is 22.5 Å². The summed E-state index contributed by atoms with van der Waals surface area (Å²) >= 11 is 24.9. The van der Waals surface area contributed by atoms with Crippen molar-refractivity contribution in [3.05, 3.63) is 109 Å². The van der Waals surface area contributed by atoms with Gasteiger partial charge >= 0.3 is 0 Å². The van der Waals surface area contributed by atoms with Crippen LogP contribution in [0, 0.1) is 11.6 Å². The van der Waals surface area contributed by atoms with E-state index in [1.54, 1.807) is 17.7 Å². The highest BCUT2D eigenvalue weighted by atomic mass is 35.5. The normalized spacial score (nSPS) is 11.2. The number of aromatic nitrogens is 2. The molecule has 1 aromatic heterocycles. The van der Waals surface area contributed by atoms with E-state index >= 15 is 0 Å². The third kappa shape index (κ3) is 7.51. The number of anilines is 3. The predicted octanol–water partition coefficient (Wildman–Crippen LogP) is 9.03. The second-order valence-electron chi connectivity index (χ2n) is 9.92. The van der Waals surface area contributed by atoms with Crippen molar-refractivity contribution in [1.82, 2.24) is 14.9 Å². The molecular formula is C31H21Cl4F4N5O3. The lowest BCUT2D eigenvalue weighted by atomic mass is 10.1. The van der Waals surface area contributed by atoms with Crippen LogP contribution in [0.4, 0.5) is 34.9 Å². The average Bonchev–Trinajstić information content (AvgIpc) is 3.32. The molecule has 0 aliphatic rings. The molecule has 0 unspecified atom stereocenters. The van der Waals surface area contributed by atoms with Crippen LogP contribution in [0.5, 0.6) is 5.75 Å². The molecule has 0 bridgehead atoms. The molecule has 3 N–H and O–H groups in total. The fourth-order valence-corrected chi connectivity index (χ4v) is 5.45. The SMILES string of the molecule is Cn1c(Nc2c(Cl)ccc(CNC(=O)c3c(F)cccc3Cl)c2Cl)nc2cc(C(=O)Nc3ccc(F)c(Cl)c3)c(OCC(F)F)cc21. The largest absolute Gasteiger partial charge is 0.487 e. The lowest BCUT2D eigenvalue weighted by Crippen LogP contribution is -2.24. The van der Waals surface area contributed by atoms with E-state index in [2.05, 4.69) is 20.9 Å². The predicted molar refractivity (Wildman–Crippen MR) is 174 cm³/mol. The lowest BCUT2D eigenvalue weighted by Gasteiger charge is -2.15. The number of amides is 2. The Morgan fingerprint density at radius 3 is 2.38 bits per heavy atom. The molecule has 0 spiro atoms. The van der Waals surface area contributed by atoms with E-state index < -0.39 is 36.5 Å². The van der Waals surface area contributed by atoms with Gasteiger partial charge in [-0.1, -0.05) is 58.5 Å². The second-order valence-corrected chi connectivity index (χ2v) is 11.5. The minimum Gasteiger partial charge on any atom is -0.487 e. The Hall–Kier alpha value is -4.23. The number of carbonyl (C=O) groups excluding carboxylic acids is 2. The Labute approximate surface area is 284 Å². The minimum atomic E-state index is -2.83. The quantitative estimate of drug-likeness (QED) is 0.125. The number of benzene rings is 4. The molecule has 0 fully saturated rings. The van der Waals surface area contributed by atoms with Crippen molar-refractivity contribution in [3.63, 3.8) is 0 Å². The first-order valence-corrected chi connectivity index (χ1v) is 15.0. The van der Waals surface area contributed by atoms with Crippen LogP contribution in [-0.2, 0) is 13.6 Å². The Balaban J connectivity index is 1.44. The number of hydrogen-bond acceptors (Lipinski definition) is 5. The van der Waals surface area contributed by atoms with Crippen molar-refractivity contribution in [2.24, 2.45) is 7.05 Å². The molecule has 0 atom stereocenters. The summed E-state index contributed by atoms with van der Waals surface area (Å²) in [7, 11) is 1.61. The average molecular weight is 729 g/mol. The monoisotopic (exact) mass is 727 g/mol. The smallest absolute Gasteiger partial charge is 0.272 e. The number of imidazole rings is 1. The number of fused-ring (bicyclic) bond motifs is 1. The van der Waals surface area contributed by atoms with Gasteiger partial charge in [-0.05, 0) is 48.0 Å². The van der Waals surface area contributed by atoms with Gasteiger partial charge in [0, 0.05) is 25.3 Å². The van der Waals surface area contributed by atoms with Crippen LogP contribution in [-0.4, -0.2) is 34.4 Å². The zero-order valence-electron chi connectivity index (χ0n) is 23.9. The maximum atomic E-state index is 14.2. The maximum Gasteiger partial charge on any atom is 0.272 e. The van der Waals surface area contributed by atoms with E-state index in [0.717, 1.165) is 12.1 Å². The zero-order chi connectivity index (χ0) is 34.0. The van der Waals surface area contributed by atoms with Crippen LogP contribution in [0.25, 0.3) is 11.0 Å². The minimum absolute atomic E-state index is 0.0582. The van der Waals surface area contributed by atoms with E-state index in [4.69, 9.17) is 51.1 Å². The Kier molecular flexibility index (Phi) is 10.4. The molecule has 244 valence electrons. The van der Waals surface area contributed by atoms with Gasteiger partial charge in [-0.3, -0.25) is 9.59 Å². The van der Waals surface area contributed by atoms with Gasteiger partial charge in [0.15, 0.2) is 0 Å². The number of halogens is 8. The van der Waals surface area contributed by atoms with Crippen molar-refractivity contribution >= 4 is 86.6 Å². The van der Waals surface area contributed by atoms with E-state index in [9.17, 15) is 27.2 Å². The molecule has 0 saturated heterocycles. The maximum absolute atomic E-state index is 14.2. The van der Waals surface area contributed by atoms with E-state index in [1.807, 2.05) is 0 Å². The van der Waals surface area contributed by atoms with Crippen LogP contribution in [0.2, 0.25) is 20.1 Å². The molecule has 47 heavy (non-hydrogen) atoms. The number of aryl methyl sites for hydroxylation is 1. The molecule has 0 aliphatic carbocycles. The summed E-state index contributed by atoms with van der Waals surface area (Å²) in [5.41, 5.74) is 0.982. The highest BCUT2D eigenvalue weighted by Crippen LogP contribution is 2.37. The number of carbonyl (C=O) groups is 2. The molecule has 2 amide bonds. The number of nitrogens with one attached hydrogen (secondary N) is 3. The molecule has 0 saturated carbocycles. The summed E-state index contributed by atoms with van der Waals surface area (Å²) in [4.78, 5) is 30.4. The van der Waals surface area contributed by atoms with Crippen LogP contribution < -0.4 is 20.7 Å². The van der Waals surface area contributed by atoms with E-state index in [0.29, 0.717) is 11.1 Å². The molecule has 0 aliphatic heterocycles. The van der Waals surface area contributed by atoms with Gasteiger partial charge in [0.1, 0.15) is 24.0 Å². The third-order valence-electron chi connectivity index (χ3n) is 6.81. The Morgan fingerprint density at radius 2 is 1.68 bits per heavy atom. The fourth-order valence-electron chi connectivity index (χ4n) is 4.49. The lowest BCUT2D eigenvalue weighted by molar-refractivity contribution is 0.0804. The summed E-state index contributed by atoms with van der Waals surface area (Å²) < 4.78 is 60.8. The molecule has 8 nitrogen and oxygen atoms in total. The van der Waals surface area contributed by atoms with Crippen molar-refractivity contribution in [3.8, 4) is 5.75 Å². The van der Waals surface area contributed by atoms with Gasteiger partial charge in [-0.2, -0.15) is 0 Å². The standard InChI is InChI=1S/C31H21Cl4F4N5O3/c1-44-23-11-24(47-13-25(38)39)16(29(45)41-15-6-8-20(36)19(34)9-15)10-22(23)42-31(44)43-28-18(33)7-5-14(27(28)35)12-40-30(46)26-17(32)3-2-4-21(26)37/h2-11,25H,12-13H2,1H3,(H,40,46)(H,41,45)(H,42,43). The summed E-state index contributed by atoms with van der Waals surface area (Å²) in [5.74, 6) is -2.96. The Morgan fingerprint density at radius 1 is 0.915 bits per heavy atom. The van der Waals surface area contributed by atoms with Crippen LogP contribution >= 0.6 is 46.4 Å². The van der Waals surface area contributed by atoms with Crippen LogP contribution in [0.3, 0.4) is 0 Å². The summed E-state index contributed by atoms with van der Waals surface area (Å²) in [5, 5.41) is 8.16. The van der Waals surface area contributed by atoms with Crippen LogP contribution in [0.1, 0.15) is 26.3 Å². The molecule has 1 heterocycles. The summed E-state index contributed by atoms with van der Waals surface area (Å²) in [6, 6.07) is 13.2. The number of rotatable bonds is 10. The van der Waals surface area contributed by atoms with Crippen molar-refractivity contribution in [2.75, 3.05) is 17.2 Å². The summed E-state index contributed by atoms with van der Waals surface area (Å²) in [6.45, 7) is -1.10. The van der Waals surface area contributed by atoms with Crippen LogP contribution in [0.15, 0.2) is 60.7 Å².